The molecule has 0 aliphatic carbocycles. The number of hydrogen-bond acceptors (Lipinski definition) is 4. The second-order valence-corrected chi connectivity index (χ2v) is 6.88. The highest BCUT2D eigenvalue weighted by Gasteiger charge is 2.38. The largest absolute Gasteiger partial charge is 0.486 e. The number of hydrogen-bond donors (Lipinski definition) is 0. The van der Waals surface area contributed by atoms with Crippen LogP contribution in [-0.4, -0.2) is 6.61 Å². The number of fused-ring (bicyclic) bond motifs is 4. The van der Waals surface area contributed by atoms with Gasteiger partial charge in [0.1, 0.15) is 5.58 Å². The van der Waals surface area contributed by atoms with Crippen LogP contribution in [0.25, 0.3) is 11.0 Å². The maximum atomic E-state index is 12.5. The van der Waals surface area contributed by atoms with Crippen LogP contribution < -0.4 is 10.2 Å². The summed E-state index contributed by atoms with van der Waals surface area (Å²) in [5.74, 6) is 1.27. The van der Waals surface area contributed by atoms with Crippen LogP contribution in [0.4, 0.5) is 0 Å². The minimum Gasteiger partial charge on any atom is -0.486 e. The van der Waals surface area contributed by atoms with Crippen LogP contribution >= 0.6 is 23.4 Å². The molecule has 4 rings (SSSR count). The lowest BCUT2D eigenvalue weighted by Gasteiger charge is -2.25. The Bertz CT molecular complexity index is 809. The molecule has 2 aliphatic heterocycles. The number of rotatable bonds is 0. The molecular formula is C15H11ClO3S. The maximum absolute atomic E-state index is 12.5. The van der Waals surface area contributed by atoms with E-state index in [1.807, 2.05) is 0 Å². The van der Waals surface area contributed by atoms with E-state index in [1.165, 1.54) is 4.91 Å². The highest BCUT2D eigenvalue weighted by Crippen LogP contribution is 2.51. The summed E-state index contributed by atoms with van der Waals surface area (Å²) >= 11 is 7.68. The van der Waals surface area contributed by atoms with E-state index in [4.69, 9.17) is 20.8 Å². The van der Waals surface area contributed by atoms with Gasteiger partial charge in [-0.1, -0.05) is 17.7 Å². The number of allylic oxidation sites excluding steroid dienone is 1. The molecule has 0 bridgehead atoms. The molecule has 102 valence electrons. The van der Waals surface area contributed by atoms with E-state index < -0.39 is 0 Å². The lowest BCUT2D eigenvalue weighted by Crippen LogP contribution is -2.25. The standard InChI is InChI=1S/C15H11ClO3S/c1-7-4-8-6-18-13-12(17)10-5-9(16)2-3-11(10)19-14(13)15(8)20-7/h2-5,8,15H,6H2,1H3. The van der Waals surface area contributed by atoms with Crippen molar-refractivity contribution in [2.45, 2.75) is 12.2 Å². The van der Waals surface area contributed by atoms with Gasteiger partial charge in [-0.25, -0.2) is 0 Å². The smallest absolute Gasteiger partial charge is 0.234 e. The van der Waals surface area contributed by atoms with Gasteiger partial charge in [-0.3, -0.25) is 4.79 Å². The van der Waals surface area contributed by atoms with Crippen molar-refractivity contribution in [2.24, 2.45) is 5.92 Å². The summed E-state index contributed by atoms with van der Waals surface area (Å²) in [6.45, 7) is 2.60. The Balaban J connectivity index is 1.98. The van der Waals surface area contributed by atoms with Crippen molar-refractivity contribution in [1.82, 2.24) is 0 Å². The van der Waals surface area contributed by atoms with E-state index >= 15 is 0 Å². The van der Waals surface area contributed by atoms with E-state index in [1.54, 1.807) is 30.0 Å². The second-order valence-electron chi connectivity index (χ2n) is 5.06. The van der Waals surface area contributed by atoms with Crippen molar-refractivity contribution >= 4 is 34.3 Å². The Morgan fingerprint density at radius 1 is 1.40 bits per heavy atom. The van der Waals surface area contributed by atoms with Crippen LogP contribution in [0.2, 0.25) is 5.02 Å². The van der Waals surface area contributed by atoms with Gasteiger partial charge in [0.15, 0.2) is 5.76 Å². The predicted molar refractivity (Wildman–Crippen MR) is 80.6 cm³/mol. The van der Waals surface area contributed by atoms with Crippen LogP contribution in [0.5, 0.6) is 5.75 Å². The molecule has 2 aromatic rings. The van der Waals surface area contributed by atoms with Gasteiger partial charge in [0.05, 0.1) is 17.2 Å². The van der Waals surface area contributed by atoms with Crippen LogP contribution in [0.15, 0.2) is 38.4 Å². The van der Waals surface area contributed by atoms with Gasteiger partial charge in [0, 0.05) is 10.9 Å². The van der Waals surface area contributed by atoms with Gasteiger partial charge < -0.3 is 9.15 Å². The molecule has 0 spiro atoms. The van der Waals surface area contributed by atoms with E-state index in [9.17, 15) is 4.79 Å². The Kier molecular flexibility index (Phi) is 2.66. The predicted octanol–water partition coefficient (Wildman–Crippen LogP) is 4.15. The second kappa shape index (κ2) is 4.30. The molecule has 0 amide bonds. The molecule has 20 heavy (non-hydrogen) atoms. The van der Waals surface area contributed by atoms with Gasteiger partial charge in [-0.15, -0.1) is 11.8 Å². The topological polar surface area (TPSA) is 39.4 Å². The number of halogens is 1. The highest BCUT2D eigenvalue weighted by molar-refractivity contribution is 8.03. The first-order valence-corrected chi connectivity index (χ1v) is 7.63. The van der Waals surface area contributed by atoms with Crippen molar-refractivity contribution < 1.29 is 9.15 Å². The van der Waals surface area contributed by atoms with Crippen LogP contribution in [0.3, 0.4) is 0 Å². The van der Waals surface area contributed by atoms with Crippen LogP contribution in [0, 0.1) is 5.92 Å². The zero-order valence-electron chi connectivity index (χ0n) is 10.7. The van der Waals surface area contributed by atoms with Gasteiger partial charge >= 0.3 is 0 Å². The summed E-state index contributed by atoms with van der Waals surface area (Å²) in [5, 5.41) is 1.14. The van der Waals surface area contributed by atoms with E-state index in [0.717, 1.165) is 0 Å². The molecule has 0 fully saturated rings. The Labute approximate surface area is 124 Å². The van der Waals surface area contributed by atoms with Crippen molar-refractivity contribution in [3.05, 3.63) is 50.2 Å². The average molecular weight is 307 g/mol. The normalized spacial score (nSPS) is 24.0. The molecule has 2 aliphatic rings. The van der Waals surface area contributed by atoms with Crippen LogP contribution in [-0.2, 0) is 0 Å². The lowest BCUT2D eigenvalue weighted by atomic mass is 10.00. The Morgan fingerprint density at radius 2 is 2.25 bits per heavy atom. The molecule has 1 aromatic carbocycles. The first kappa shape index (κ1) is 12.4. The fourth-order valence-electron chi connectivity index (χ4n) is 2.77. The zero-order valence-corrected chi connectivity index (χ0v) is 12.3. The summed E-state index contributed by atoms with van der Waals surface area (Å²) in [6, 6.07) is 5.10. The summed E-state index contributed by atoms with van der Waals surface area (Å²) in [7, 11) is 0. The Hall–Kier alpha value is -1.39. The minimum atomic E-state index is -0.132. The SMILES string of the molecule is CC1=CC2COc3c(oc4ccc(Cl)cc4c3=O)C2S1. The van der Waals surface area contributed by atoms with Crippen molar-refractivity contribution in [3.8, 4) is 5.75 Å². The van der Waals surface area contributed by atoms with Crippen molar-refractivity contribution in [1.29, 1.82) is 0 Å². The monoisotopic (exact) mass is 306 g/mol. The molecule has 5 heteroatoms. The molecule has 0 radical (unpaired) electrons. The van der Waals surface area contributed by atoms with Gasteiger partial charge in [-0.05, 0) is 30.0 Å². The van der Waals surface area contributed by atoms with Crippen molar-refractivity contribution in [3.63, 3.8) is 0 Å². The zero-order chi connectivity index (χ0) is 13.9. The van der Waals surface area contributed by atoms with Crippen LogP contribution in [0.1, 0.15) is 17.9 Å². The molecule has 2 atom stereocenters. The maximum Gasteiger partial charge on any atom is 0.234 e. The summed E-state index contributed by atoms with van der Waals surface area (Å²) in [6.07, 6.45) is 2.18. The minimum absolute atomic E-state index is 0.132. The molecule has 0 saturated heterocycles. The molecular weight excluding hydrogens is 296 g/mol. The fraction of sp³-hybridized carbons (Fsp3) is 0.267. The van der Waals surface area contributed by atoms with Crippen molar-refractivity contribution in [2.75, 3.05) is 6.61 Å². The van der Waals surface area contributed by atoms with E-state index in [-0.39, 0.29) is 16.6 Å². The lowest BCUT2D eigenvalue weighted by molar-refractivity contribution is 0.224. The summed E-state index contributed by atoms with van der Waals surface area (Å²) in [4.78, 5) is 13.8. The van der Waals surface area contributed by atoms with Gasteiger partial charge in [-0.2, -0.15) is 0 Å². The summed E-state index contributed by atoms with van der Waals surface area (Å²) < 4.78 is 11.6. The first-order valence-electron chi connectivity index (χ1n) is 6.37. The van der Waals surface area contributed by atoms with E-state index in [2.05, 4.69) is 13.0 Å². The third-order valence-electron chi connectivity index (χ3n) is 3.67. The van der Waals surface area contributed by atoms with Gasteiger partial charge in [0.2, 0.25) is 11.2 Å². The average Bonchev–Trinajstić information content (AvgIpc) is 2.80. The quantitative estimate of drug-likeness (QED) is 0.733. The van der Waals surface area contributed by atoms with E-state index in [0.29, 0.717) is 34.1 Å². The number of ether oxygens (including phenoxy) is 1. The first-order chi connectivity index (χ1) is 9.63. The third kappa shape index (κ3) is 1.71. The molecule has 3 nitrogen and oxygen atoms in total. The van der Waals surface area contributed by atoms with Gasteiger partial charge in [0.25, 0.3) is 0 Å². The Morgan fingerprint density at radius 3 is 3.10 bits per heavy atom. The molecule has 2 unspecified atom stereocenters. The summed E-state index contributed by atoms with van der Waals surface area (Å²) in [5.41, 5.74) is 0.430. The fourth-order valence-corrected chi connectivity index (χ4v) is 4.19. The molecule has 0 saturated carbocycles. The number of thioether (sulfide) groups is 1. The molecule has 1 aromatic heterocycles. The third-order valence-corrected chi connectivity index (χ3v) is 5.23. The highest BCUT2D eigenvalue weighted by atomic mass is 35.5. The molecule has 3 heterocycles. The molecule has 0 N–H and O–H groups in total. The number of benzene rings is 1.